The number of rotatable bonds is 3. The summed E-state index contributed by atoms with van der Waals surface area (Å²) in [6, 6.07) is 2.79. The minimum atomic E-state index is -0.565. The molecule has 1 aliphatic rings. The van der Waals surface area contributed by atoms with Crippen LogP contribution in [0.3, 0.4) is 0 Å². The van der Waals surface area contributed by atoms with E-state index in [2.05, 4.69) is 4.98 Å². The third kappa shape index (κ3) is 2.49. The molecular formula is C10H11N3O4. The van der Waals surface area contributed by atoms with Crippen LogP contribution in [-0.2, 0) is 4.79 Å². The van der Waals surface area contributed by atoms with Gasteiger partial charge in [0, 0.05) is 13.0 Å². The van der Waals surface area contributed by atoms with Gasteiger partial charge in [0.15, 0.2) is 11.9 Å². The van der Waals surface area contributed by atoms with E-state index in [9.17, 15) is 14.9 Å². The van der Waals surface area contributed by atoms with Gasteiger partial charge in [0.2, 0.25) is 5.91 Å². The number of carbonyl (C=O) groups is 1. The van der Waals surface area contributed by atoms with E-state index in [4.69, 9.17) is 4.74 Å². The Morgan fingerprint density at radius 1 is 1.59 bits per heavy atom. The molecule has 0 saturated carbocycles. The van der Waals surface area contributed by atoms with Crippen molar-refractivity contribution in [3.8, 4) is 5.75 Å². The Labute approximate surface area is 97.2 Å². The van der Waals surface area contributed by atoms with Crippen molar-refractivity contribution in [1.29, 1.82) is 0 Å². The fourth-order valence-corrected chi connectivity index (χ4v) is 1.51. The maximum Gasteiger partial charge on any atom is 0.363 e. The molecule has 0 aliphatic carbocycles. The molecule has 7 heteroatoms. The summed E-state index contributed by atoms with van der Waals surface area (Å²) in [6.07, 6.45) is 1.26. The first-order chi connectivity index (χ1) is 8.06. The number of likely N-dealkylation sites (tertiary alicyclic amines) is 1. The Kier molecular flexibility index (Phi) is 2.90. The van der Waals surface area contributed by atoms with E-state index in [1.165, 1.54) is 25.3 Å². The van der Waals surface area contributed by atoms with Crippen LogP contribution in [-0.4, -0.2) is 39.9 Å². The Hall–Kier alpha value is -2.18. The van der Waals surface area contributed by atoms with Gasteiger partial charge in [-0.3, -0.25) is 4.79 Å². The third-order valence-corrected chi connectivity index (χ3v) is 2.50. The summed E-state index contributed by atoms with van der Waals surface area (Å²) in [5.41, 5.74) is 0. The van der Waals surface area contributed by atoms with Gasteiger partial charge in [-0.1, -0.05) is 0 Å². The molecule has 2 rings (SSSR count). The summed E-state index contributed by atoms with van der Waals surface area (Å²) < 4.78 is 5.49. The van der Waals surface area contributed by atoms with Crippen LogP contribution in [0, 0.1) is 10.1 Å². The van der Waals surface area contributed by atoms with Crippen LogP contribution in [0.4, 0.5) is 5.82 Å². The summed E-state index contributed by atoms with van der Waals surface area (Å²) in [5.74, 6) is 0.284. The zero-order valence-corrected chi connectivity index (χ0v) is 9.20. The van der Waals surface area contributed by atoms with Gasteiger partial charge in [0.05, 0.1) is 13.1 Å². The average molecular weight is 237 g/mol. The van der Waals surface area contributed by atoms with Gasteiger partial charge in [-0.05, 0) is 16.0 Å². The third-order valence-electron chi connectivity index (χ3n) is 2.50. The smallest absolute Gasteiger partial charge is 0.363 e. The molecule has 1 aromatic rings. The van der Waals surface area contributed by atoms with Crippen LogP contribution in [0.25, 0.3) is 0 Å². The standard InChI is InChI=1S/C10H11N3O4/c1-7(14)12-5-9(6-12)17-8-2-3-10(11-4-8)13(15)16/h2-4,9H,5-6H2,1H3. The van der Waals surface area contributed by atoms with Crippen molar-refractivity contribution in [2.24, 2.45) is 0 Å². The molecule has 1 aliphatic heterocycles. The summed E-state index contributed by atoms with van der Waals surface area (Å²) in [7, 11) is 0. The van der Waals surface area contributed by atoms with Gasteiger partial charge in [0.1, 0.15) is 6.10 Å². The Balaban J connectivity index is 1.88. The van der Waals surface area contributed by atoms with Crippen LogP contribution in [0.2, 0.25) is 0 Å². The second kappa shape index (κ2) is 4.36. The molecule has 0 atom stereocenters. The van der Waals surface area contributed by atoms with Crippen molar-refractivity contribution in [3.05, 3.63) is 28.4 Å². The lowest BCUT2D eigenvalue weighted by Gasteiger charge is -2.37. The largest absolute Gasteiger partial charge is 0.483 e. The number of hydrogen-bond donors (Lipinski definition) is 0. The maximum atomic E-state index is 10.9. The van der Waals surface area contributed by atoms with Crippen molar-refractivity contribution in [2.75, 3.05) is 13.1 Å². The second-order valence-corrected chi connectivity index (χ2v) is 3.77. The fraction of sp³-hybridized carbons (Fsp3) is 0.400. The quantitative estimate of drug-likeness (QED) is 0.567. The van der Waals surface area contributed by atoms with E-state index < -0.39 is 4.92 Å². The van der Waals surface area contributed by atoms with Crippen LogP contribution >= 0.6 is 0 Å². The van der Waals surface area contributed by atoms with Gasteiger partial charge in [-0.25, -0.2) is 0 Å². The topological polar surface area (TPSA) is 85.6 Å². The number of aromatic nitrogens is 1. The molecule has 0 unspecified atom stereocenters. The summed E-state index contributed by atoms with van der Waals surface area (Å²) in [5, 5.41) is 10.4. The molecule has 1 amide bonds. The zero-order chi connectivity index (χ0) is 12.4. The Morgan fingerprint density at radius 2 is 2.29 bits per heavy atom. The Bertz CT molecular complexity index is 439. The maximum absolute atomic E-state index is 10.9. The minimum absolute atomic E-state index is 0.0201. The van der Waals surface area contributed by atoms with Gasteiger partial charge >= 0.3 is 5.82 Å². The van der Waals surface area contributed by atoms with Crippen LogP contribution < -0.4 is 4.74 Å². The summed E-state index contributed by atoms with van der Waals surface area (Å²) in [4.78, 5) is 26.0. The molecule has 1 saturated heterocycles. The molecule has 2 heterocycles. The predicted molar refractivity (Wildman–Crippen MR) is 57.6 cm³/mol. The van der Waals surface area contributed by atoms with Crippen LogP contribution in [0.1, 0.15) is 6.92 Å². The molecule has 0 radical (unpaired) electrons. The van der Waals surface area contributed by atoms with E-state index in [0.29, 0.717) is 18.8 Å². The van der Waals surface area contributed by atoms with E-state index >= 15 is 0 Å². The van der Waals surface area contributed by atoms with Crippen molar-refractivity contribution in [3.63, 3.8) is 0 Å². The molecule has 0 aromatic carbocycles. The molecule has 17 heavy (non-hydrogen) atoms. The molecule has 1 fully saturated rings. The highest BCUT2D eigenvalue weighted by Crippen LogP contribution is 2.19. The van der Waals surface area contributed by atoms with Crippen molar-refractivity contribution >= 4 is 11.7 Å². The molecule has 90 valence electrons. The number of nitrogens with zero attached hydrogens (tertiary/aromatic N) is 3. The normalized spacial score (nSPS) is 15.2. The minimum Gasteiger partial charge on any atom is -0.483 e. The SMILES string of the molecule is CC(=O)N1CC(Oc2ccc([N+](=O)[O-])nc2)C1. The predicted octanol–water partition coefficient (Wildman–Crippen LogP) is 0.599. The molecular weight excluding hydrogens is 226 g/mol. The lowest BCUT2D eigenvalue weighted by atomic mass is 10.1. The number of nitro groups is 1. The molecule has 7 nitrogen and oxygen atoms in total. The number of pyridine rings is 1. The highest BCUT2D eigenvalue weighted by Gasteiger charge is 2.30. The number of amides is 1. The van der Waals surface area contributed by atoms with Crippen LogP contribution in [0.15, 0.2) is 18.3 Å². The van der Waals surface area contributed by atoms with Crippen molar-refractivity contribution in [1.82, 2.24) is 9.88 Å². The molecule has 1 aromatic heterocycles. The number of ether oxygens (including phenoxy) is 1. The van der Waals surface area contributed by atoms with E-state index in [1.807, 2.05) is 0 Å². The summed E-state index contributed by atoms with van der Waals surface area (Å²) >= 11 is 0. The number of hydrogen-bond acceptors (Lipinski definition) is 5. The van der Waals surface area contributed by atoms with Gasteiger partial charge < -0.3 is 19.8 Å². The van der Waals surface area contributed by atoms with Crippen molar-refractivity contribution < 1.29 is 14.5 Å². The highest BCUT2D eigenvalue weighted by atomic mass is 16.6. The van der Waals surface area contributed by atoms with Crippen molar-refractivity contribution in [2.45, 2.75) is 13.0 Å². The molecule has 0 bridgehead atoms. The Morgan fingerprint density at radius 3 is 2.76 bits per heavy atom. The van der Waals surface area contributed by atoms with Gasteiger partial charge in [-0.15, -0.1) is 0 Å². The van der Waals surface area contributed by atoms with E-state index in [0.717, 1.165) is 0 Å². The first-order valence-corrected chi connectivity index (χ1v) is 5.09. The first kappa shape index (κ1) is 11.3. The van der Waals surface area contributed by atoms with E-state index in [1.54, 1.807) is 4.90 Å². The van der Waals surface area contributed by atoms with Crippen LogP contribution in [0.5, 0.6) is 5.75 Å². The molecule has 0 spiro atoms. The zero-order valence-electron chi connectivity index (χ0n) is 9.20. The first-order valence-electron chi connectivity index (χ1n) is 5.09. The molecule has 0 N–H and O–H groups in total. The second-order valence-electron chi connectivity index (χ2n) is 3.77. The highest BCUT2D eigenvalue weighted by molar-refractivity contribution is 5.74. The lowest BCUT2D eigenvalue weighted by Crippen LogP contribution is -2.55. The van der Waals surface area contributed by atoms with E-state index in [-0.39, 0.29) is 17.8 Å². The number of carbonyl (C=O) groups excluding carboxylic acids is 1. The average Bonchev–Trinajstić information content (AvgIpc) is 2.23. The van der Waals surface area contributed by atoms with Gasteiger partial charge in [-0.2, -0.15) is 0 Å². The monoisotopic (exact) mass is 237 g/mol. The lowest BCUT2D eigenvalue weighted by molar-refractivity contribution is -0.389. The fourth-order valence-electron chi connectivity index (χ4n) is 1.51. The van der Waals surface area contributed by atoms with Gasteiger partial charge in [0.25, 0.3) is 0 Å². The summed E-state index contributed by atoms with van der Waals surface area (Å²) in [6.45, 7) is 2.60.